The molecule has 2 rings (SSSR count). The van der Waals surface area contributed by atoms with Crippen molar-refractivity contribution >= 4 is 11.6 Å². The molecule has 4 nitrogen and oxygen atoms in total. The van der Waals surface area contributed by atoms with Gasteiger partial charge in [0.1, 0.15) is 12.2 Å². The summed E-state index contributed by atoms with van der Waals surface area (Å²) in [6.07, 6.45) is 2.87. The van der Waals surface area contributed by atoms with Gasteiger partial charge in [-0.1, -0.05) is 6.92 Å². The van der Waals surface area contributed by atoms with E-state index in [4.69, 9.17) is 11.6 Å². The summed E-state index contributed by atoms with van der Waals surface area (Å²) in [4.78, 5) is 6.74. The monoisotopic (exact) mass is 242 g/mol. The number of hydrogen-bond acceptors (Lipinski definition) is 3. The van der Waals surface area contributed by atoms with E-state index in [1.807, 2.05) is 4.68 Å². The van der Waals surface area contributed by atoms with E-state index in [0.29, 0.717) is 17.8 Å². The lowest BCUT2D eigenvalue weighted by atomic mass is 10.1. The van der Waals surface area contributed by atoms with Crippen molar-refractivity contribution in [1.29, 1.82) is 0 Å². The van der Waals surface area contributed by atoms with Gasteiger partial charge >= 0.3 is 0 Å². The SMILES string of the molecule is CCn1ncnc1CN1CCC(C)C1CCl. The Morgan fingerprint density at radius 3 is 3.06 bits per heavy atom. The molecule has 0 saturated carbocycles. The van der Waals surface area contributed by atoms with Gasteiger partial charge in [-0.3, -0.25) is 4.90 Å². The minimum Gasteiger partial charge on any atom is -0.291 e. The van der Waals surface area contributed by atoms with Crippen molar-refractivity contribution in [2.24, 2.45) is 5.92 Å². The Morgan fingerprint density at radius 2 is 2.38 bits per heavy atom. The van der Waals surface area contributed by atoms with Gasteiger partial charge in [0, 0.05) is 18.5 Å². The first-order valence-corrected chi connectivity index (χ1v) is 6.46. The third-order valence-electron chi connectivity index (χ3n) is 3.50. The van der Waals surface area contributed by atoms with Gasteiger partial charge in [-0.25, -0.2) is 9.67 Å². The normalized spacial score (nSPS) is 26.4. The van der Waals surface area contributed by atoms with Crippen molar-refractivity contribution in [3.8, 4) is 0 Å². The number of aryl methyl sites for hydroxylation is 1. The van der Waals surface area contributed by atoms with Gasteiger partial charge in [0.25, 0.3) is 0 Å². The van der Waals surface area contributed by atoms with E-state index in [-0.39, 0.29) is 0 Å². The molecule has 1 aromatic rings. The first kappa shape index (κ1) is 11.9. The van der Waals surface area contributed by atoms with Crippen LogP contribution in [0.3, 0.4) is 0 Å². The first-order valence-electron chi connectivity index (χ1n) is 5.93. The molecule has 0 bridgehead atoms. The quantitative estimate of drug-likeness (QED) is 0.755. The van der Waals surface area contributed by atoms with E-state index in [1.54, 1.807) is 6.33 Å². The highest BCUT2D eigenvalue weighted by atomic mass is 35.5. The van der Waals surface area contributed by atoms with Gasteiger partial charge in [0.2, 0.25) is 0 Å². The summed E-state index contributed by atoms with van der Waals surface area (Å²) in [6.45, 7) is 7.23. The number of aromatic nitrogens is 3. The highest BCUT2D eigenvalue weighted by Gasteiger charge is 2.30. The fourth-order valence-corrected chi connectivity index (χ4v) is 2.89. The molecular weight excluding hydrogens is 224 g/mol. The van der Waals surface area contributed by atoms with Gasteiger partial charge in [0.15, 0.2) is 0 Å². The van der Waals surface area contributed by atoms with Crippen LogP contribution < -0.4 is 0 Å². The summed E-state index contributed by atoms with van der Waals surface area (Å²) in [7, 11) is 0. The molecule has 2 unspecified atom stereocenters. The van der Waals surface area contributed by atoms with Gasteiger partial charge in [0.05, 0.1) is 6.54 Å². The first-order chi connectivity index (χ1) is 7.76. The molecule has 0 aromatic carbocycles. The molecule has 90 valence electrons. The van der Waals surface area contributed by atoms with Crippen LogP contribution in [0, 0.1) is 5.92 Å². The number of rotatable bonds is 4. The number of halogens is 1. The summed E-state index contributed by atoms with van der Waals surface area (Å²) in [6, 6.07) is 0.490. The fourth-order valence-electron chi connectivity index (χ4n) is 2.39. The van der Waals surface area contributed by atoms with Crippen molar-refractivity contribution in [2.45, 2.75) is 39.4 Å². The summed E-state index contributed by atoms with van der Waals surface area (Å²) < 4.78 is 1.95. The Morgan fingerprint density at radius 1 is 1.56 bits per heavy atom. The average molecular weight is 243 g/mol. The van der Waals surface area contributed by atoms with Crippen LogP contribution in [-0.2, 0) is 13.1 Å². The third-order valence-corrected chi connectivity index (χ3v) is 3.81. The second-order valence-corrected chi connectivity index (χ2v) is 4.76. The highest BCUT2D eigenvalue weighted by Crippen LogP contribution is 2.25. The molecule has 2 heterocycles. The van der Waals surface area contributed by atoms with Crippen molar-refractivity contribution in [1.82, 2.24) is 19.7 Å². The maximum absolute atomic E-state index is 6.03. The lowest BCUT2D eigenvalue weighted by Gasteiger charge is -2.24. The zero-order valence-electron chi connectivity index (χ0n) is 9.93. The molecule has 2 atom stereocenters. The lowest BCUT2D eigenvalue weighted by Crippen LogP contribution is -2.34. The summed E-state index contributed by atoms with van der Waals surface area (Å²) >= 11 is 6.03. The molecule has 0 amide bonds. The molecule has 1 aliphatic rings. The van der Waals surface area contributed by atoms with Gasteiger partial charge in [-0.05, 0) is 25.8 Å². The number of alkyl halides is 1. The molecule has 1 saturated heterocycles. The zero-order valence-corrected chi connectivity index (χ0v) is 10.7. The van der Waals surface area contributed by atoms with E-state index >= 15 is 0 Å². The van der Waals surface area contributed by atoms with Crippen molar-refractivity contribution in [3.63, 3.8) is 0 Å². The lowest BCUT2D eigenvalue weighted by molar-refractivity contribution is 0.232. The van der Waals surface area contributed by atoms with Crippen molar-refractivity contribution in [2.75, 3.05) is 12.4 Å². The predicted octanol–water partition coefficient (Wildman–Crippen LogP) is 1.75. The zero-order chi connectivity index (χ0) is 11.5. The Balaban J connectivity index is 2.04. The van der Waals surface area contributed by atoms with E-state index in [0.717, 1.165) is 25.5 Å². The van der Waals surface area contributed by atoms with E-state index in [2.05, 4.69) is 28.8 Å². The second kappa shape index (κ2) is 5.15. The largest absolute Gasteiger partial charge is 0.291 e. The standard InChI is InChI=1S/C11H19ClN4/c1-3-16-11(13-8-14-16)7-15-5-4-9(2)10(15)6-12/h8-10H,3-7H2,1-2H3. The molecule has 5 heteroatoms. The Kier molecular flexibility index (Phi) is 3.82. The van der Waals surface area contributed by atoms with Crippen LogP contribution in [0.5, 0.6) is 0 Å². The molecule has 1 fully saturated rings. The highest BCUT2D eigenvalue weighted by molar-refractivity contribution is 6.18. The maximum Gasteiger partial charge on any atom is 0.141 e. The Bertz CT molecular complexity index is 338. The number of likely N-dealkylation sites (tertiary alicyclic amines) is 1. The van der Waals surface area contributed by atoms with Crippen LogP contribution in [0.4, 0.5) is 0 Å². The third kappa shape index (κ3) is 2.23. The van der Waals surface area contributed by atoms with Gasteiger partial charge < -0.3 is 0 Å². The van der Waals surface area contributed by atoms with Crippen LogP contribution in [0.1, 0.15) is 26.1 Å². The van der Waals surface area contributed by atoms with Crippen molar-refractivity contribution < 1.29 is 0 Å². The molecule has 1 aliphatic heterocycles. The molecule has 0 spiro atoms. The molecule has 0 radical (unpaired) electrons. The van der Waals surface area contributed by atoms with Crippen molar-refractivity contribution in [3.05, 3.63) is 12.2 Å². The van der Waals surface area contributed by atoms with Crippen LogP contribution in [0.25, 0.3) is 0 Å². The predicted molar refractivity (Wildman–Crippen MR) is 64.4 cm³/mol. The van der Waals surface area contributed by atoms with E-state index < -0.39 is 0 Å². The smallest absolute Gasteiger partial charge is 0.141 e. The van der Waals surface area contributed by atoms with E-state index in [1.165, 1.54) is 6.42 Å². The van der Waals surface area contributed by atoms with Crippen LogP contribution in [0.15, 0.2) is 6.33 Å². The summed E-state index contributed by atoms with van der Waals surface area (Å²) in [5, 5.41) is 4.19. The van der Waals surface area contributed by atoms with Gasteiger partial charge in [-0.15, -0.1) is 11.6 Å². The maximum atomic E-state index is 6.03. The molecule has 1 aromatic heterocycles. The minimum absolute atomic E-state index is 0.490. The van der Waals surface area contributed by atoms with Gasteiger partial charge in [-0.2, -0.15) is 5.10 Å². The molecule has 0 aliphatic carbocycles. The fraction of sp³-hybridized carbons (Fsp3) is 0.818. The van der Waals surface area contributed by atoms with Crippen LogP contribution in [-0.4, -0.2) is 38.1 Å². The Labute approximate surface area is 102 Å². The topological polar surface area (TPSA) is 34.0 Å². The number of hydrogen-bond donors (Lipinski definition) is 0. The Hall–Kier alpha value is -0.610. The molecular formula is C11H19ClN4. The summed E-state index contributed by atoms with van der Waals surface area (Å²) in [5.41, 5.74) is 0. The molecule has 16 heavy (non-hydrogen) atoms. The number of nitrogens with zero attached hydrogens (tertiary/aromatic N) is 4. The van der Waals surface area contributed by atoms with Crippen LogP contribution in [0.2, 0.25) is 0 Å². The second-order valence-electron chi connectivity index (χ2n) is 4.45. The average Bonchev–Trinajstić information content (AvgIpc) is 2.86. The van der Waals surface area contributed by atoms with Crippen LogP contribution >= 0.6 is 11.6 Å². The van der Waals surface area contributed by atoms with E-state index in [9.17, 15) is 0 Å². The summed E-state index contributed by atoms with van der Waals surface area (Å²) in [5.74, 6) is 2.45. The minimum atomic E-state index is 0.490. The molecule has 0 N–H and O–H groups in total.